The summed E-state index contributed by atoms with van der Waals surface area (Å²) in [4.78, 5) is 26.8. The Hall–Kier alpha value is -3.09. The fourth-order valence-corrected chi connectivity index (χ4v) is 3.67. The van der Waals surface area contributed by atoms with Crippen molar-refractivity contribution in [2.24, 2.45) is 5.92 Å². The van der Waals surface area contributed by atoms with E-state index in [1.807, 2.05) is 4.90 Å². The monoisotopic (exact) mass is 398 g/mol. The summed E-state index contributed by atoms with van der Waals surface area (Å²) < 4.78 is 23.6. The summed E-state index contributed by atoms with van der Waals surface area (Å²) in [5, 5.41) is 2.93. The summed E-state index contributed by atoms with van der Waals surface area (Å²) in [7, 11) is 0. The molecular formula is C22H23FN2O4. The second kappa shape index (κ2) is 8.51. The van der Waals surface area contributed by atoms with Crippen molar-refractivity contribution in [3.63, 3.8) is 0 Å². The molecule has 0 spiro atoms. The van der Waals surface area contributed by atoms with E-state index < -0.39 is 0 Å². The van der Waals surface area contributed by atoms with Crippen molar-refractivity contribution in [1.82, 2.24) is 4.90 Å². The minimum absolute atomic E-state index is 0.0396. The van der Waals surface area contributed by atoms with Gasteiger partial charge in [0.2, 0.25) is 18.6 Å². The number of carbonyl (C=O) groups excluding carboxylic acids is 2. The fourth-order valence-electron chi connectivity index (χ4n) is 3.67. The van der Waals surface area contributed by atoms with Gasteiger partial charge in [0.05, 0.1) is 0 Å². The number of nitrogens with zero attached hydrogens (tertiary/aromatic N) is 1. The highest BCUT2D eigenvalue weighted by atomic mass is 19.1. The summed E-state index contributed by atoms with van der Waals surface area (Å²) in [5.74, 6) is 0.939. The minimum atomic E-state index is -0.277. The topological polar surface area (TPSA) is 67.9 Å². The van der Waals surface area contributed by atoms with Gasteiger partial charge in [0.25, 0.3) is 0 Å². The summed E-state index contributed by atoms with van der Waals surface area (Å²) >= 11 is 0. The predicted molar refractivity (Wildman–Crippen MR) is 105 cm³/mol. The molecule has 29 heavy (non-hydrogen) atoms. The van der Waals surface area contributed by atoms with Gasteiger partial charge in [-0.15, -0.1) is 0 Å². The van der Waals surface area contributed by atoms with Gasteiger partial charge in [-0.05, 0) is 49.1 Å². The van der Waals surface area contributed by atoms with Crippen LogP contribution in [-0.4, -0.2) is 36.6 Å². The van der Waals surface area contributed by atoms with E-state index in [-0.39, 0.29) is 30.3 Å². The maximum absolute atomic E-state index is 13.0. The van der Waals surface area contributed by atoms with E-state index in [0.29, 0.717) is 56.0 Å². The molecule has 0 unspecified atom stereocenters. The molecule has 0 saturated carbocycles. The number of hydrogen-bond acceptors (Lipinski definition) is 4. The number of rotatable bonds is 5. The molecule has 152 valence electrons. The third-order valence-electron chi connectivity index (χ3n) is 5.40. The Labute approximate surface area is 168 Å². The Kier molecular flexibility index (Phi) is 5.64. The van der Waals surface area contributed by atoms with Crippen molar-refractivity contribution in [2.75, 3.05) is 25.2 Å². The van der Waals surface area contributed by atoms with Gasteiger partial charge in [-0.2, -0.15) is 0 Å². The number of hydrogen-bond donors (Lipinski definition) is 1. The molecule has 2 amide bonds. The largest absolute Gasteiger partial charge is 0.454 e. The van der Waals surface area contributed by atoms with Gasteiger partial charge in [-0.25, -0.2) is 4.39 Å². The molecule has 2 aliphatic heterocycles. The van der Waals surface area contributed by atoms with Crippen LogP contribution in [0.4, 0.5) is 10.1 Å². The zero-order chi connectivity index (χ0) is 20.2. The first kappa shape index (κ1) is 19.2. The van der Waals surface area contributed by atoms with E-state index in [0.717, 1.165) is 5.56 Å². The second-order valence-electron chi connectivity index (χ2n) is 7.34. The first-order valence-corrected chi connectivity index (χ1v) is 9.81. The number of amides is 2. The van der Waals surface area contributed by atoms with E-state index in [4.69, 9.17) is 9.47 Å². The first-order chi connectivity index (χ1) is 14.1. The van der Waals surface area contributed by atoms with Crippen molar-refractivity contribution in [3.05, 3.63) is 53.8 Å². The summed E-state index contributed by atoms with van der Waals surface area (Å²) in [6, 6.07) is 11.5. The van der Waals surface area contributed by atoms with E-state index >= 15 is 0 Å². The number of fused-ring (bicyclic) bond motifs is 1. The normalized spacial score (nSPS) is 16.0. The number of anilines is 1. The molecule has 7 heteroatoms. The highest BCUT2D eigenvalue weighted by Crippen LogP contribution is 2.34. The van der Waals surface area contributed by atoms with Gasteiger partial charge in [0.15, 0.2) is 11.5 Å². The number of nitrogens with one attached hydrogen (secondary N) is 1. The van der Waals surface area contributed by atoms with Crippen LogP contribution in [-0.2, 0) is 16.0 Å². The third kappa shape index (κ3) is 4.67. The number of carbonyl (C=O) groups is 2. The summed E-state index contributed by atoms with van der Waals surface area (Å²) in [6.45, 7) is 1.34. The van der Waals surface area contributed by atoms with Crippen molar-refractivity contribution in [3.8, 4) is 11.5 Å². The van der Waals surface area contributed by atoms with Crippen LogP contribution in [0.15, 0.2) is 42.5 Å². The van der Waals surface area contributed by atoms with Crippen molar-refractivity contribution >= 4 is 17.5 Å². The van der Waals surface area contributed by atoms with E-state index in [1.54, 1.807) is 30.3 Å². The molecule has 2 heterocycles. The standard InChI is InChI=1S/C22H23FN2O4/c23-17-4-1-15(2-5-17)3-8-21(26)25-11-9-16(10-12-25)22(27)24-18-6-7-19-20(13-18)29-14-28-19/h1-2,4-7,13,16H,3,8-12,14H2,(H,24,27). The third-order valence-corrected chi connectivity index (χ3v) is 5.40. The van der Waals surface area contributed by atoms with Crippen LogP contribution in [0.1, 0.15) is 24.8 Å². The molecule has 0 radical (unpaired) electrons. The molecule has 0 aliphatic carbocycles. The molecule has 4 rings (SSSR count). The van der Waals surface area contributed by atoms with E-state index in [9.17, 15) is 14.0 Å². The van der Waals surface area contributed by atoms with Crippen LogP contribution < -0.4 is 14.8 Å². The molecule has 1 fully saturated rings. The number of likely N-dealkylation sites (tertiary alicyclic amines) is 1. The number of ether oxygens (including phenoxy) is 2. The van der Waals surface area contributed by atoms with Crippen LogP contribution >= 0.6 is 0 Å². The Morgan fingerprint density at radius 2 is 1.76 bits per heavy atom. The zero-order valence-corrected chi connectivity index (χ0v) is 16.0. The minimum Gasteiger partial charge on any atom is -0.454 e. The molecule has 2 aromatic carbocycles. The zero-order valence-electron chi connectivity index (χ0n) is 16.0. The Bertz CT molecular complexity index is 892. The maximum Gasteiger partial charge on any atom is 0.231 e. The Morgan fingerprint density at radius 1 is 1.03 bits per heavy atom. The molecule has 2 aliphatic rings. The van der Waals surface area contributed by atoms with Crippen molar-refractivity contribution in [1.29, 1.82) is 0 Å². The van der Waals surface area contributed by atoms with Gasteiger partial charge in [-0.3, -0.25) is 9.59 Å². The molecule has 0 aromatic heterocycles. The molecule has 6 nitrogen and oxygen atoms in total. The van der Waals surface area contributed by atoms with Crippen LogP contribution in [0, 0.1) is 11.7 Å². The van der Waals surface area contributed by atoms with Crippen LogP contribution in [0.2, 0.25) is 0 Å². The first-order valence-electron chi connectivity index (χ1n) is 9.81. The lowest BCUT2D eigenvalue weighted by molar-refractivity contribution is -0.134. The van der Waals surface area contributed by atoms with E-state index in [2.05, 4.69) is 5.32 Å². The average Bonchev–Trinajstić information content (AvgIpc) is 3.21. The smallest absolute Gasteiger partial charge is 0.231 e. The lowest BCUT2D eigenvalue weighted by Gasteiger charge is -2.31. The molecular weight excluding hydrogens is 375 g/mol. The molecule has 1 N–H and O–H groups in total. The van der Waals surface area contributed by atoms with Gasteiger partial charge >= 0.3 is 0 Å². The van der Waals surface area contributed by atoms with Crippen molar-refractivity contribution in [2.45, 2.75) is 25.7 Å². The number of aryl methyl sites for hydroxylation is 1. The SMILES string of the molecule is O=C(Nc1ccc2c(c1)OCO2)C1CCN(C(=O)CCc2ccc(F)cc2)CC1. The molecule has 0 bridgehead atoms. The molecule has 0 atom stereocenters. The summed E-state index contributed by atoms with van der Waals surface area (Å²) in [5.41, 5.74) is 1.62. The second-order valence-corrected chi connectivity index (χ2v) is 7.34. The van der Waals surface area contributed by atoms with Gasteiger partial charge < -0.3 is 19.7 Å². The summed E-state index contributed by atoms with van der Waals surface area (Å²) in [6.07, 6.45) is 2.25. The van der Waals surface area contributed by atoms with Crippen molar-refractivity contribution < 1.29 is 23.5 Å². The molecule has 1 saturated heterocycles. The highest BCUT2D eigenvalue weighted by molar-refractivity contribution is 5.93. The lowest BCUT2D eigenvalue weighted by Crippen LogP contribution is -2.41. The Balaban J connectivity index is 1.23. The number of benzene rings is 2. The quantitative estimate of drug-likeness (QED) is 0.839. The lowest BCUT2D eigenvalue weighted by atomic mass is 9.95. The number of piperidine rings is 1. The average molecular weight is 398 g/mol. The van der Waals surface area contributed by atoms with Gasteiger partial charge in [0.1, 0.15) is 5.82 Å². The van der Waals surface area contributed by atoms with Gasteiger partial charge in [0, 0.05) is 37.2 Å². The fraction of sp³-hybridized carbons (Fsp3) is 0.364. The number of halogens is 1. The molecule has 2 aromatic rings. The predicted octanol–water partition coefficient (Wildman–Crippen LogP) is 3.36. The van der Waals surface area contributed by atoms with Crippen LogP contribution in [0.25, 0.3) is 0 Å². The Morgan fingerprint density at radius 3 is 2.52 bits per heavy atom. The maximum atomic E-state index is 13.0. The van der Waals surface area contributed by atoms with E-state index in [1.165, 1.54) is 12.1 Å². The van der Waals surface area contributed by atoms with Crippen LogP contribution in [0.3, 0.4) is 0 Å². The van der Waals surface area contributed by atoms with Crippen LogP contribution in [0.5, 0.6) is 11.5 Å². The highest BCUT2D eigenvalue weighted by Gasteiger charge is 2.27. The van der Waals surface area contributed by atoms with Gasteiger partial charge in [-0.1, -0.05) is 12.1 Å².